The molecule has 6 rings (SSSR count). The van der Waals surface area contributed by atoms with Crippen molar-refractivity contribution >= 4 is 40.5 Å². The second kappa shape index (κ2) is 12.9. The molecule has 0 amide bonds. The quantitative estimate of drug-likeness (QED) is 0.180. The van der Waals surface area contributed by atoms with Gasteiger partial charge in [-0.1, -0.05) is 65.7 Å². The van der Waals surface area contributed by atoms with E-state index in [1.54, 1.807) is 12.1 Å². The van der Waals surface area contributed by atoms with E-state index < -0.39 is 5.97 Å². The van der Waals surface area contributed by atoms with Gasteiger partial charge in [0.25, 0.3) is 0 Å². The number of hydrogen-bond acceptors (Lipinski definition) is 5. The van der Waals surface area contributed by atoms with Gasteiger partial charge in [-0.2, -0.15) is 0 Å². The molecule has 1 saturated heterocycles. The van der Waals surface area contributed by atoms with Gasteiger partial charge in [-0.25, -0.2) is 4.98 Å². The molecular weight excluding hydrogens is 583 g/mol. The van der Waals surface area contributed by atoms with Gasteiger partial charge in [0.2, 0.25) is 0 Å². The summed E-state index contributed by atoms with van der Waals surface area (Å²) in [6.45, 7) is 3.19. The number of carboxylic acids is 1. The Morgan fingerprint density at radius 1 is 0.884 bits per heavy atom. The lowest BCUT2D eigenvalue weighted by Gasteiger charge is -2.28. The Bertz CT molecular complexity index is 1730. The van der Waals surface area contributed by atoms with E-state index in [0.717, 1.165) is 65.8 Å². The summed E-state index contributed by atoms with van der Waals surface area (Å²) in [4.78, 5) is 18.4. The molecule has 0 unspecified atom stereocenters. The summed E-state index contributed by atoms with van der Waals surface area (Å²) in [6, 6.07) is 30.2. The number of benzene rings is 4. The van der Waals surface area contributed by atoms with Gasteiger partial charge < -0.3 is 24.6 Å². The molecule has 0 spiro atoms. The van der Waals surface area contributed by atoms with E-state index in [-0.39, 0.29) is 6.54 Å². The van der Waals surface area contributed by atoms with E-state index in [2.05, 4.69) is 58.7 Å². The van der Waals surface area contributed by atoms with E-state index in [1.165, 1.54) is 5.69 Å². The summed E-state index contributed by atoms with van der Waals surface area (Å²) < 4.78 is 7.49. The lowest BCUT2D eigenvalue weighted by Crippen LogP contribution is -2.36. The summed E-state index contributed by atoms with van der Waals surface area (Å²) in [5.41, 5.74) is 7.69. The Hall–Kier alpha value is -4.30. The fourth-order valence-electron chi connectivity index (χ4n) is 5.22. The van der Waals surface area contributed by atoms with E-state index >= 15 is 0 Å². The predicted molar refractivity (Wildman–Crippen MR) is 173 cm³/mol. The lowest BCUT2D eigenvalue weighted by atomic mass is 10.0. The summed E-state index contributed by atoms with van der Waals surface area (Å²) >= 11 is 12.7. The van der Waals surface area contributed by atoms with Gasteiger partial charge in [-0.3, -0.25) is 4.79 Å². The molecule has 1 aliphatic rings. The van der Waals surface area contributed by atoms with Crippen LogP contribution in [-0.4, -0.2) is 53.5 Å². The van der Waals surface area contributed by atoms with Crippen molar-refractivity contribution in [2.75, 3.05) is 43.1 Å². The first-order chi connectivity index (χ1) is 20.9. The Morgan fingerprint density at radius 2 is 1.60 bits per heavy atom. The number of aromatic nitrogens is 2. The van der Waals surface area contributed by atoms with Gasteiger partial charge in [0.05, 0.1) is 23.9 Å². The van der Waals surface area contributed by atoms with E-state index in [0.29, 0.717) is 22.2 Å². The van der Waals surface area contributed by atoms with Crippen LogP contribution in [0, 0.1) is 0 Å². The lowest BCUT2D eigenvalue weighted by molar-refractivity contribution is -0.134. The van der Waals surface area contributed by atoms with E-state index in [1.807, 2.05) is 41.1 Å². The average molecular weight is 614 g/mol. The first-order valence-corrected chi connectivity index (χ1v) is 14.8. The van der Waals surface area contributed by atoms with Crippen molar-refractivity contribution in [3.05, 3.63) is 119 Å². The zero-order valence-electron chi connectivity index (χ0n) is 23.3. The first-order valence-electron chi connectivity index (χ1n) is 14.0. The molecule has 218 valence electrons. The maximum Gasteiger partial charge on any atom is 0.322 e. The van der Waals surface area contributed by atoms with Gasteiger partial charge in [-0.15, -0.1) is 0 Å². The molecule has 1 aromatic heterocycles. The Morgan fingerprint density at radius 3 is 2.30 bits per heavy atom. The Kier molecular flexibility index (Phi) is 8.65. The first kappa shape index (κ1) is 28.8. The van der Waals surface area contributed by atoms with Gasteiger partial charge in [0, 0.05) is 53.4 Å². The molecule has 0 saturated carbocycles. The van der Waals surface area contributed by atoms with Crippen LogP contribution < -0.4 is 10.2 Å². The van der Waals surface area contributed by atoms with E-state index in [4.69, 9.17) is 38.0 Å². The highest BCUT2D eigenvalue weighted by atomic mass is 35.5. The van der Waals surface area contributed by atoms with Crippen LogP contribution >= 0.6 is 23.2 Å². The van der Waals surface area contributed by atoms with Crippen molar-refractivity contribution < 1.29 is 14.6 Å². The number of anilines is 2. The van der Waals surface area contributed by atoms with Crippen LogP contribution in [0.2, 0.25) is 10.0 Å². The fraction of sp³-hybridized carbons (Fsp3) is 0.176. The molecule has 0 radical (unpaired) electrons. The fourth-order valence-corrected chi connectivity index (χ4v) is 5.73. The molecule has 9 heteroatoms. The van der Waals surface area contributed by atoms with Crippen LogP contribution in [0.1, 0.15) is 11.4 Å². The minimum absolute atomic E-state index is 0.172. The van der Waals surface area contributed by atoms with Crippen molar-refractivity contribution in [1.29, 1.82) is 0 Å². The summed E-state index contributed by atoms with van der Waals surface area (Å²) in [5.74, 6) is -0.108. The standard InChI is InChI=1S/C34H30Cl2N4O3/c35-26-10-13-30(31(36)19-26)32-22-40(29-3-1-2-27(20-29)37-21-34(41)42)33(38-32)18-23-4-6-24(7-5-23)25-8-11-28(12-9-25)39-14-16-43-17-15-39/h1-13,19-20,22,37H,14-18,21H2,(H,41,42). The molecule has 5 aromatic rings. The number of hydrogen-bond donors (Lipinski definition) is 2. The number of imidazole rings is 1. The molecule has 7 nitrogen and oxygen atoms in total. The molecule has 0 atom stereocenters. The Labute approximate surface area is 260 Å². The van der Waals surface area contributed by atoms with Crippen molar-refractivity contribution in [2.24, 2.45) is 0 Å². The number of ether oxygens (including phenoxy) is 1. The molecule has 0 aliphatic carbocycles. The molecule has 1 fully saturated rings. The second-order valence-corrected chi connectivity index (χ2v) is 11.2. The number of aliphatic carboxylic acids is 1. The number of morpholine rings is 1. The van der Waals surface area contributed by atoms with Gasteiger partial charge in [0.1, 0.15) is 12.4 Å². The monoisotopic (exact) mass is 612 g/mol. The summed E-state index contributed by atoms with van der Waals surface area (Å²) in [5, 5.41) is 13.1. The number of nitrogens with zero attached hydrogens (tertiary/aromatic N) is 3. The third kappa shape index (κ3) is 6.86. The van der Waals surface area contributed by atoms with Crippen LogP contribution in [0.5, 0.6) is 0 Å². The third-order valence-electron chi connectivity index (χ3n) is 7.45. The molecule has 2 heterocycles. The Balaban J connectivity index is 1.28. The van der Waals surface area contributed by atoms with Gasteiger partial charge in [0.15, 0.2) is 0 Å². The smallest absolute Gasteiger partial charge is 0.322 e. The average Bonchev–Trinajstić information content (AvgIpc) is 3.44. The molecule has 4 aromatic carbocycles. The van der Waals surface area contributed by atoms with Gasteiger partial charge in [-0.05, 0) is 65.2 Å². The second-order valence-electron chi connectivity index (χ2n) is 10.4. The highest BCUT2D eigenvalue weighted by Gasteiger charge is 2.16. The normalized spacial score (nSPS) is 13.2. The SMILES string of the molecule is O=C(O)CNc1cccc(-n2cc(-c3ccc(Cl)cc3Cl)nc2Cc2ccc(-c3ccc(N4CCOCC4)cc3)cc2)c1. The third-order valence-corrected chi connectivity index (χ3v) is 7.99. The van der Waals surface area contributed by atoms with Crippen LogP contribution in [0.3, 0.4) is 0 Å². The van der Waals surface area contributed by atoms with Crippen molar-refractivity contribution in [3.8, 4) is 28.1 Å². The molecule has 0 bridgehead atoms. The molecule has 2 N–H and O–H groups in total. The number of carboxylic acid groups (broad SMARTS) is 1. The number of nitrogens with one attached hydrogen (secondary N) is 1. The van der Waals surface area contributed by atoms with Crippen molar-refractivity contribution in [1.82, 2.24) is 9.55 Å². The predicted octanol–water partition coefficient (Wildman–Crippen LogP) is 7.44. The highest BCUT2D eigenvalue weighted by Crippen LogP contribution is 2.32. The topological polar surface area (TPSA) is 79.6 Å². The largest absolute Gasteiger partial charge is 0.480 e. The summed E-state index contributed by atoms with van der Waals surface area (Å²) in [6.07, 6.45) is 2.53. The van der Waals surface area contributed by atoms with Crippen LogP contribution in [0.25, 0.3) is 28.1 Å². The molecule has 43 heavy (non-hydrogen) atoms. The molecular formula is C34H30Cl2N4O3. The van der Waals surface area contributed by atoms with Crippen molar-refractivity contribution in [2.45, 2.75) is 6.42 Å². The van der Waals surface area contributed by atoms with Gasteiger partial charge >= 0.3 is 5.97 Å². The molecule has 1 aliphatic heterocycles. The zero-order valence-corrected chi connectivity index (χ0v) is 24.9. The highest BCUT2D eigenvalue weighted by molar-refractivity contribution is 6.36. The van der Waals surface area contributed by atoms with Crippen molar-refractivity contribution in [3.63, 3.8) is 0 Å². The number of rotatable bonds is 9. The summed E-state index contributed by atoms with van der Waals surface area (Å²) in [7, 11) is 0. The van der Waals surface area contributed by atoms with Crippen LogP contribution in [0.4, 0.5) is 11.4 Å². The zero-order chi connectivity index (χ0) is 29.8. The maximum absolute atomic E-state index is 11.1. The van der Waals surface area contributed by atoms with Crippen LogP contribution in [-0.2, 0) is 16.0 Å². The number of carbonyl (C=O) groups is 1. The van der Waals surface area contributed by atoms with E-state index in [9.17, 15) is 4.79 Å². The minimum atomic E-state index is -0.926. The minimum Gasteiger partial charge on any atom is -0.480 e. The number of halogens is 2. The maximum atomic E-state index is 11.1. The van der Waals surface area contributed by atoms with Crippen LogP contribution in [0.15, 0.2) is 97.2 Å².